The summed E-state index contributed by atoms with van der Waals surface area (Å²) in [5, 5.41) is 2.87. The first-order chi connectivity index (χ1) is 13.6. The van der Waals surface area contributed by atoms with Crippen molar-refractivity contribution in [3.8, 4) is 17.2 Å². The Morgan fingerprint density at radius 2 is 1.75 bits per heavy atom. The molecule has 1 amide bonds. The quantitative estimate of drug-likeness (QED) is 0.605. The zero-order valence-corrected chi connectivity index (χ0v) is 16.2. The Hall–Kier alpha value is -3.41. The maximum Gasteiger partial charge on any atom is 0.259 e. The third kappa shape index (κ3) is 4.65. The number of hydrogen-bond donors (Lipinski definition) is 1. The molecule has 0 fully saturated rings. The van der Waals surface area contributed by atoms with Crippen molar-refractivity contribution in [1.29, 1.82) is 0 Å². The van der Waals surface area contributed by atoms with E-state index in [1.54, 1.807) is 26.2 Å². The molecule has 0 aliphatic carbocycles. The number of carbonyl (C=O) groups excluding carboxylic acids is 1. The van der Waals surface area contributed by atoms with Gasteiger partial charge in [0.05, 0.1) is 25.0 Å². The Kier molecular flexibility index (Phi) is 6.22. The molecule has 6 nitrogen and oxygen atoms in total. The predicted molar refractivity (Wildman–Crippen MR) is 106 cm³/mol. The average molecular weight is 381 g/mol. The van der Waals surface area contributed by atoms with E-state index in [4.69, 9.17) is 18.6 Å². The second-order valence-corrected chi connectivity index (χ2v) is 6.03. The summed E-state index contributed by atoms with van der Waals surface area (Å²) in [7, 11) is 1.61. The first kappa shape index (κ1) is 19.4. The van der Waals surface area contributed by atoms with E-state index >= 15 is 0 Å². The Morgan fingerprint density at radius 1 is 1.04 bits per heavy atom. The van der Waals surface area contributed by atoms with Crippen LogP contribution in [0, 0.1) is 6.92 Å². The molecular formula is C22H23NO5. The van der Waals surface area contributed by atoms with Crippen LogP contribution >= 0.6 is 0 Å². The first-order valence-electron chi connectivity index (χ1n) is 9.00. The van der Waals surface area contributed by atoms with Crippen molar-refractivity contribution < 1.29 is 23.4 Å². The summed E-state index contributed by atoms with van der Waals surface area (Å²) in [4.78, 5) is 12.7. The van der Waals surface area contributed by atoms with Gasteiger partial charge in [-0.1, -0.05) is 12.1 Å². The summed E-state index contributed by atoms with van der Waals surface area (Å²) in [5.74, 6) is 2.90. The fourth-order valence-electron chi connectivity index (χ4n) is 2.71. The molecule has 0 radical (unpaired) electrons. The minimum atomic E-state index is -0.260. The fraction of sp³-hybridized carbons (Fsp3) is 0.227. The van der Waals surface area contributed by atoms with Crippen LogP contribution in [0.5, 0.6) is 17.2 Å². The molecule has 0 aliphatic rings. The zero-order chi connectivity index (χ0) is 19.9. The molecule has 146 valence electrons. The van der Waals surface area contributed by atoms with Gasteiger partial charge in [0.25, 0.3) is 5.91 Å². The van der Waals surface area contributed by atoms with Crippen molar-refractivity contribution in [2.45, 2.75) is 20.5 Å². The van der Waals surface area contributed by atoms with Crippen molar-refractivity contribution in [3.63, 3.8) is 0 Å². The molecule has 3 aromatic rings. The molecular weight excluding hydrogens is 358 g/mol. The number of nitrogens with one attached hydrogen (secondary N) is 1. The molecule has 0 spiro atoms. The second-order valence-electron chi connectivity index (χ2n) is 6.03. The number of aryl methyl sites for hydroxylation is 1. The summed E-state index contributed by atoms with van der Waals surface area (Å²) >= 11 is 0. The van der Waals surface area contributed by atoms with Gasteiger partial charge in [0, 0.05) is 0 Å². The van der Waals surface area contributed by atoms with Crippen molar-refractivity contribution >= 4 is 11.6 Å². The number of methoxy groups -OCH3 is 1. The molecule has 3 rings (SSSR count). The van der Waals surface area contributed by atoms with Crippen LogP contribution in [-0.2, 0) is 6.61 Å². The highest BCUT2D eigenvalue weighted by atomic mass is 16.5. The van der Waals surface area contributed by atoms with E-state index in [2.05, 4.69) is 5.32 Å². The van der Waals surface area contributed by atoms with Gasteiger partial charge in [0.15, 0.2) is 0 Å². The molecule has 0 atom stereocenters. The maximum absolute atomic E-state index is 12.7. The van der Waals surface area contributed by atoms with Crippen molar-refractivity contribution in [2.75, 3.05) is 19.0 Å². The summed E-state index contributed by atoms with van der Waals surface area (Å²) in [6, 6.07) is 16.3. The van der Waals surface area contributed by atoms with Crippen LogP contribution in [0.1, 0.15) is 28.8 Å². The molecule has 1 N–H and O–H groups in total. The van der Waals surface area contributed by atoms with Crippen LogP contribution in [0.2, 0.25) is 0 Å². The minimum absolute atomic E-state index is 0.218. The lowest BCUT2D eigenvalue weighted by Crippen LogP contribution is -2.13. The molecule has 28 heavy (non-hydrogen) atoms. The lowest BCUT2D eigenvalue weighted by Gasteiger charge is -2.10. The van der Waals surface area contributed by atoms with E-state index in [9.17, 15) is 4.79 Å². The smallest absolute Gasteiger partial charge is 0.259 e. The Bertz CT molecular complexity index is 930. The highest BCUT2D eigenvalue weighted by molar-refractivity contribution is 6.05. The number of furan rings is 1. The lowest BCUT2D eigenvalue weighted by atomic mass is 10.2. The van der Waals surface area contributed by atoms with Crippen LogP contribution in [0.3, 0.4) is 0 Å². The molecule has 1 aromatic heterocycles. The van der Waals surface area contributed by atoms with Crippen molar-refractivity contribution in [3.05, 3.63) is 71.7 Å². The van der Waals surface area contributed by atoms with Gasteiger partial charge >= 0.3 is 0 Å². The van der Waals surface area contributed by atoms with Crippen LogP contribution < -0.4 is 19.5 Å². The van der Waals surface area contributed by atoms with Gasteiger partial charge in [-0.3, -0.25) is 4.79 Å². The molecule has 0 saturated carbocycles. The van der Waals surface area contributed by atoms with E-state index < -0.39 is 0 Å². The number of amides is 1. The highest BCUT2D eigenvalue weighted by Crippen LogP contribution is 2.26. The average Bonchev–Trinajstić information content (AvgIpc) is 3.09. The van der Waals surface area contributed by atoms with Gasteiger partial charge in [-0.25, -0.2) is 0 Å². The number of carbonyl (C=O) groups is 1. The third-order valence-electron chi connectivity index (χ3n) is 4.09. The second kappa shape index (κ2) is 8.99. The van der Waals surface area contributed by atoms with E-state index in [1.165, 1.54) is 0 Å². The number of anilines is 1. The van der Waals surface area contributed by atoms with Gasteiger partial charge in [-0.05, 0) is 56.3 Å². The first-order valence-corrected chi connectivity index (χ1v) is 9.00. The molecule has 0 saturated heterocycles. The topological polar surface area (TPSA) is 69.9 Å². The van der Waals surface area contributed by atoms with Gasteiger partial charge in [0.2, 0.25) is 0 Å². The Balaban J connectivity index is 1.66. The molecule has 1 heterocycles. The van der Waals surface area contributed by atoms with Crippen LogP contribution in [0.15, 0.2) is 59.0 Å². The Morgan fingerprint density at radius 3 is 2.46 bits per heavy atom. The maximum atomic E-state index is 12.7. The van der Waals surface area contributed by atoms with Crippen LogP contribution in [0.4, 0.5) is 5.69 Å². The monoisotopic (exact) mass is 381 g/mol. The fourth-order valence-corrected chi connectivity index (χ4v) is 2.71. The van der Waals surface area contributed by atoms with Crippen LogP contribution in [-0.4, -0.2) is 19.6 Å². The SMILES string of the molecule is CCOc1ccccc1NC(=O)c1cc(COc2ccc(OC)cc2)oc1C. The number of hydrogen-bond acceptors (Lipinski definition) is 5. The van der Waals surface area contributed by atoms with Gasteiger partial charge < -0.3 is 23.9 Å². The summed E-state index contributed by atoms with van der Waals surface area (Å²) < 4.78 is 22.1. The minimum Gasteiger partial charge on any atom is -0.497 e. The van der Waals surface area contributed by atoms with Crippen molar-refractivity contribution in [1.82, 2.24) is 0 Å². The van der Waals surface area contributed by atoms with E-state index in [-0.39, 0.29) is 12.5 Å². The lowest BCUT2D eigenvalue weighted by molar-refractivity contribution is 0.102. The van der Waals surface area contributed by atoms with Gasteiger partial charge in [-0.15, -0.1) is 0 Å². The normalized spacial score (nSPS) is 10.4. The number of benzene rings is 2. The number of rotatable bonds is 8. The van der Waals surface area contributed by atoms with Gasteiger partial charge in [-0.2, -0.15) is 0 Å². The Labute approximate surface area is 164 Å². The predicted octanol–water partition coefficient (Wildman–Crippen LogP) is 4.83. The third-order valence-corrected chi connectivity index (χ3v) is 4.09. The highest BCUT2D eigenvalue weighted by Gasteiger charge is 2.17. The number of ether oxygens (including phenoxy) is 3. The number of para-hydroxylation sites is 2. The van der Waals surface area contributed by atoms with E-state index in [0.29, 0.717) is 40.9 Å². The van der Waals surface area contributed by atoms with Gasteiger partial charge in [0.1, 0.15) is 35.4 Å². The zero-order valence-electron chi connectivity index (χ0n) is 16.2. The summed E-state index contributed by atoms with van der Waals surface area (Å²) in [6.45, 7) is 4.38. The largest absolute Gasteiger partial charge is 0.497 e. The standard InChI is InChI=1S/C22H23NO5/c1-4-26-21-8-6-5-7-20(21)23-22(24)19-13-18(28-15(19)2)14-27-17-11-9-16(25-3)10-12-17/h5-13H,4,14H2,1-3H3,(H,23,24). The van der Waals surface area contributed by atoms with E-state index in [0.717, 1.165) is 5.75 Å². The van der Waals surface area contributed by atoms with E-state index in [1.807, 2.05) is 49.4 Å². The molecule has 2 aromatic carbocycles. The van der Waals surface area contributed by atoms with Crippen molar-refractivity contribution in [2.24, 2.45) is 0 Å². The summed E-state index contributed by atoms with van der Waals surface area (Å²) in [6.07, 6.45) is 0. The molecule has 0 bridgehead atoms. The molecule has 6 heteroatoms. The molecule has 0 aliphatic heterocycles. The molecule has 0 unspecified atom stereocenters. The van der Waals surface area contributed by atoms with Crippen LogP contribution in [0.25, 0.3) is 0 Å². The summed E-state index contributed by atoms with van der Waals surface area (Å²) in [5.41, 5.74) is 1.07.